The highest BCUT2D eigenvalue weighted by Crippen LogP contribution is 2.32. The number of hydrogen-bond donors (Lipinski definition) is 0. The van der Waals surface area contributed by atoms with E-state index in [9.17, 15) is 4.79 Å². The SMILES string of the molecule is CCOC(=O)/C(C)=C(\C)c1ccc(C(C)(C)c2ccccc2)cc1. The molecule has 24 heavy (non-hydrogen) atoms. The van der Waals surface area contributed by atoms with E-state index in [1.165, 1.54) is 11.1 Å². The van der Waals surface area contributed by atoms with Gasteiger partial charge in [0.2, 0.25) is 0 Å². The van der Waals surface area contributed by atoms with E-state index in [1.54, 1.807) is 0 Å². The smallest absolute Gasteiger partial charge is 0.333 e. The van der Waals surface area contributed by atoms with Crippen molar-refractivity contribution in [3.63, 3.8) is 0 Å². The van der Waals surface area contributed by atoms with Crippen LogP contribution < -0.4 is 0 Å². The first kappa shape index (κ1) is 18.0. The lowest BCUT2D eigenvalue weighted by Crippen LogP contribution is -2.18. The number of benzene rings is 2. The van der Waals surface area contributed by atoms with E-state index in [0.29, 0.717) is 12.2 Å². The maximum Gasteiger partial charge on any atom is 0.333 e. The molecule has 2 nitrogen and oxygen atoms in total. The van der Waals surface area contributed by atoms with Crippen LogP contribution in [0.25, 0.3) is 5.57 Å². The molecule has 2 rings (SSSR count). The monoisotopic (exact) mass is 322 g/mol. The van der Waals surface area contributed by atoms with Crippen LogP contribution in [0.3, 0.4) is 0 Å². The number of ether oxygens (including phenoxy) is 1. The van der Waals surface area contributed by atoms with Crippen molar-refractivity contribution in [2.24, 2.45) is 0 Å². The molecule has 0 atom stereocenters. The summed E-state index contributed by atoms with van der Waals surface area (Å²) in [5.41, 5.74) is 5.14. The maximum atomic E-state index is 11.9. The van der Waals surface area contributed by atoms with Gasteiger partial charge in [0, 0.05) is 11.0 Å². The van der Waals surface area contributed by atoms with Crippen LogP contribution in [0.5, 0.6) is 0 Å². The minimum Gasteiger partial charge on any atom is -0.463 e. The average Bonchev–Trinajstić information content (AvgIpc) is 2.61. The van der Waals surface area contributed by atoms with E-state index in [4.69, 9.17) is 4.74 Å². The number of hydrogen-bond acceptors (Lipinski definition) is 2. The second-order valence-electron chi connectivity index (χ2n) is 6.54. The van der Waals surface area contributed by atoms with Gasteiger partial charge < -0.3 is 4.74 Å². The minimum absolute atomic E-state index is 0.0619. The third kappa shape index (κ3) is 3.76. The molecule has 0 aliphatic rings. The van der Waals surface area contributed by atoms with Gasteiger partial charge in [-0.05, 0) is 43.0 Å². The molecule has 0 fully saturated rings. The van der Waals surface area contributed by atoms with Gasteiger partial charge in [-0.3, -0.25) is 0 Å². The third-order valence-electron chi connectivity index (χ3n) is 4.68. The van der Waals surface area contributed by atoms with Crippen LogP contribution in [-0.2, 0) is 14.9 Å². The summed E-state index contributed by atoms with van der Waals surface area (Å²) >= 11 is 0. The Morgan fingerprint density at radius 1 is 0.917 bits per heavy atom. The molecule has 0 bridgehead atoms. The molecule has 0 saturated carbocycles. The molecule has 0 aliphatic carbocycles. The lowest BCUT2D eigenvalue weighted by atomic mass is 9.78. The molecule has 0 heterocycles. The van der Waals surface area contributed by atoms with Gasteiger partial charge in [0.05, 0.1) is 6.61 Å². The molecule has 0 spiro atoms. The van der Waals surface area contributed by atoms with Crippen molar-refractivity contribution in [1.29, 1.82) is 0 Å². The van der Waals surface area contributed by atoms with E-state index in [0.717, 1.165) is 11.1 Å². The molecule has 0 unspecified atom stereocenters. The molecule has 2 aromatic carbocycles. The fraction of sp³-hybridized carbons (Fsp3) is 0.318. The third-order valence-corrected chi connectivity index (χ3v) is 4.68. The molecule has 2 aromatic rings. The Kier molecular flexibility index (Phi) is 5.61. The molecule has 126 valence electrons. The van der Waals surface area contributed by atoms with Gasteiger partial charge >= 0.3 is 5.97 Å². The van der Waals surface area contributed by atoms with E-state index in [2.05, 4.69) is 62.4 Å². The first-order chi connectivity index (χ1) is 11.4. The Labute approximate surface area is 145 Å². The minimum atomic E-state index is -0.247. The fourth-order valence-corrected chi connectivity index (χ4v) is 2.77. The van der Waals surface area contributed by atoms with Crippen molar-refractivity contribution < 1.29 is 9.53 Å². The van der Waals surface area contributed by atoms with Gasteiger partial charge in [-0.15, -0.1) is 0 Å². The van der Waals surface area contributed by atoms with Crippen molar-refractivity contribution in [3.8, 4) is 0 Å². The van der Waals surface area contributed by atoms with Crippen LogP contribution in [0.2, 0.25) is 0 Å². The highest BCUT2D eigenvalue weighted by atomic mass is 16.5. The predicted molar refractivity (Wildman–Crippen MR) is 99.9 cm³/mol. The molecule has 0 radical (unpaired) electrons. The van der Waals surface area contributed by atoms with Crippen molar-refractivity contribution in [3.05, 3.63) is 76.9 Å². The Bertz CT molecular complexity index is 722. The van der Waals surface area contributed by atoms with Gasteiger partial charge in [-0.25, -0.2) is 4.79 Å². The molecular formula is C22H26O2. The van der Waals surface area contributed by atoms with Gasteiger partial charge in [-0.2, -0.15) is 0 Å². The number of carbonyl (C=O) groups is 1. The average molecular weight is 322 g/mol. The maximum absolute atomic E-state index is 11.9. The van der Waals surface area contributed by atoms with Gasteiger partial charge in [0.15, 0.2) is 0 Å². The first-order valence-electron chi connectivity index (χ1n) is 8.39. The van der Waals surface area contributed by atoms with Gasteiger partial charge in [-0.1, -0.05) is 68.4 Å². The molecule has 0 saturated heterocycles. The lowest BCUT2D eigenvalue weighted by Gasteiger charge is -2.26. The van der Waals surface area contributed by atoms with E-state index >= 15 is 0 Å². The lowest BCUT2D eigenvalue weighted by molar-refractivity contribution is -0.138. The Morgan fingerprint density at radius 3 is 2.00 bits per heavy atom. The van der Waals surface area contributed by atoms with E-state index in [1.807, 2.05) is 26.8 Å². The van der Waals surface area contributed by atoms with Crippen LogP contribution in [0.1, 0.15) is 51.3 Å². The zero-order chi connectivity index (χ0) is 17.7. The highest BCUT2D eigenvalue weighted by molar-refractivity contribution is 5.96. The van der Waals surface area contributed by atoms with Crippen molar-refractivity contribution in [1.82, 2.24) is 0 Å². The van der Waals surface area contributed by atoms with Crippen LogP contribution in [0, 0.1) is 0 Å². The second-order valence-corrected chi connectivity index (χ2v) is 6.54. The molecule has 0 aromatic heterocycles. The zero-order valence-corrected chi connectivity index (χ0v) is 15.2. The summed E-state index contributed by atoms with van der Waals surface area (Å²) in [6, 6.07) is 18.9. The summed E-state index contributed by atoms with van der Waals surface area (Å²) < 4.78 is 5.09. The Morgan fingerprint density at radius 2 is 1.46 bits per heavy atom. The normalized spacial score (nSPS) is 12.5. The topological polar surface area (TPSA) is 26.3 Å². The standard InChI is InChI=1S/C22H26O2/c1-6-24-21(23)17(3)16(2)18-12-14-20(15-13-18)22(4,5)19-10-8-7-9-11-19/h7-15H,6H2,1-5H3/b17-16+. The summed E-state index contributed by atoms with van der Waals surface area (Å²) in [5, 5.41) is 0. The van der Waals surface area contributed by atoms with E-state index in [-0.39, 0.29) is 11.4 Å². The van der Waals surface area contributed by atoms with Gasteiger partial charge in [0.1, 0.15) is 0 Å². The second kappa shape index (κ2) is 7.48. The fourth-order valence-electron chi connectivity index (χ4n) is 2.77. The summed E-state index contributed by atoms with van der Waals surface area (Å²) in [7, 11) is 0. The largest absolute Gasteiger partial charge is 0.463 e. The summed E-state index contributed by atoms with van der Waals surface area (Å²) in [6.45, 7) is 10.4. The molecule has 0 amide bonds. The van der Waals surface area contributed by atoms with Crippen molar-refractivity contribution in [2.45, 2.75) is 40.0 Å². The Balaban J connectivity index is 2.31. The Hall–Kier alpha value is -2.35. The predicted octanol–water partition coefficient (Wildman–Crippen LogP) is 5.37. The quantitative estimate of drug-likeness (QED) is 0.546. The molecule has 0 N–H and O–H groups in total. The zero-order valence-electron chi connectivity index (χ0n) is 15.2. The van der Waals surface area contributed by atoms with Crippen LogP contribution >= 0.6 is 0 Å². The molecular weight excluding hydrogens is 296 g/mol. The van der Waals surface area contributed by atoms with E-state index < -0.39 is 0 Å². The number of allylic oxidation sites excluding steroid dienone is 1. The summed E-state index contributed by atoms with van der Waals surface area (Å²) in [4.78, 5) is 11.9. The number of rotatable bonds is 5. The molecule has 2 heteroatoms. The van der Waals surface area contributed by atoms with Crippen LogP contribution in [0.15, 0.2) is 60.2 Å². The van der Waals surface area contributed by atoms with Crippen molar-refractivity contribution >= 4 is 11.5 Å². The highest BCUT2D eigenvalue weighted by Gasteiger charge is 2.22. The van der Waals surface area contributed by atoms with Gasteiger partial charge in [0.25, 0.3) is 0 Å². The first-order valence-corrected chi connectivity index (χ1v) is 8.39. The van der Waals surface area contributed by atoms with Crippen LogP contribution in [0.4, 0.5) is 0 Å². The van der Waals surface area contributed by atoms with Crippen LogP contribution in [-0.4, -0.2) is 12.6 Å². The molecule has 0 aliphatic heterocycles. The number of esters is 1. The van der Waals surface area contributed by atoms with Crippen molar-refractivity contribution in [2.75, 3.05) is 6.61 Å². The summed E-state index contributed by atoms with van der Waals surface area (Å²) in [6.07, 6.45) is 0. The summed E-state index contributed by atoms with van der Waals surface area (Å²) in [5.74, 6) is -0.247. The number of carbonyl (C=O) groups excluding carboxylic acids is 1.